The van der Waals surface area contributed by atoms with Crippen LogP contribution in [-0.4, -0.2) is 9.97 Å². The average Bonchev–Trinajstić information content (AvgIpc) is 3.00. The van der Waals surface area contributed by atoms with Crippen LogP contribution in [0.1, 0.15) is 23.9 Å². The summed E-state index contributed by atoms with van der Waals surface area (Å²) in [5.41, 5.74) is 2.05. The van der Waals surface area contributed by atoms with E-state index in [1.165, 1.54) is 40.5 Å². The van der Waals surface area contributed by atoms with Crippen LogP contribution in [0.5, 0.6) is 0 Å². The zero-order valence-corrected chi connectivity index (χ0v) is 13.2. The summed E-state index contributed by atoms with van der Waals surface area (Å²) in [5, 5.41) is 4.95. The predicted molar refractivity (Wildman–Crippen MR) is 86.2 cm³/mol. The third-order valence-electron chi connectivity index (χ3n) is 3.75. The quantitative estimate of drug-likeness (QED) is 0.740. The fourth-order valence-electron chi connectivity index (χ4n) is 2.64. The molecule has 108 valence electrons. The molecule has 4 rings (SSSR count). The molecule has 0 bridgehead atoms. The third-order valence-corrected chi connectivity index (χ3v) is 5.72. The highest BCUT2D eigenvalue weighted by molar-refractivity contribution is 7.22. The minimum absolute atomic E-state index is 0.226. The molecule has 1 unspecified atom stereocenters. The highest BCUT2D eigenvalue weighted by Crippen LogP contribution is 2.35. The van der Waals surface area contributed by atoms with Gasteiger partial charge in [0.25, 0.3) is 0 Å². The van der Waals surface area contributed by atoms with Crippen LogP contribution in [0.4, 0.5) is 14.7 Å². The number of nitrogens with zero attached hydrogens (tertiary/aromatic N) is 2. The SMILES string of the molecule is CC1CCc2nc(Nc3nc4ccc(F)cc4s3)sc2C1. The molecule has 1 N–H and O–H groups in total. The first-order valence-corrected chi connectivity index (χ1v) is 8.62. The van der Waals surface area contributed by atoms with Crippen molar-refractivity contribution in [2.24, 2.45) is 5.92 Å². The molecule has 3 nitrogen and oxygen atoms in total. The number of anilines is 2. The minimum atomic E-state index is -0.226. The lowest BCUT2D eigenvalue weighted by Crippen LogP contribution is -2.09. The van der Waals surface area contributed by atoms with E-state index in [0.29, 0.717) is 0 Å². The van der Waals surface area contributed by atoms with E-state index in [4.69, 9.17) is 0 Å². The first kappa shape index (κ1) is 13.2. The van der Waals surface area contributed by atoms with Gasteiger partial charge in [-0.15, -0.1) is 11.3 Å². The highest BCUT2D eigenvalue weighted by atomic mass is 32.1. The number of halogens is 1. The Morgan fingerprint density at radius 2 is 2.10 bits per heavy atom. The van der Waals surface area contributed by atoms with Crippen LogP contribution in [-0.2, 0) is 12.8 Å². The predicted octanol–water partition coefficient (Wildman–Crippen LogP) is 4.76. The summed E-state index contributed by atoms with van der Waals surface area (Å²) in [6.45, 7) is 2.29. The Labute approximate surface area is 129 Å². The number of hydrogen-bond acceptors (Lipinski definition) is 5. The molecule has 0 fully saturated rings. The first-order valence-electron chi connectivity index (χ1n) is 6.99. The molecule has 0 radical (unpaired) electrons. The minimum Gasteiger partial charge on any atom is -0.307 e. The van der Waals surface area contributed by atoms with Gasteiger partial charge in [-0.05, 0) is 43.4 Å². The maximum atomic E-state index is 13.2. The highest BCUT2D eigenvalue weighted by Gasteiger charge is 2.20. The second-order valence-electron chi connectivity index (χ2n) is 5.49. The van der Waals surface area contributed by atoms with Gasteiger partial charge in [-0.2, -0.15) is 0 Å². The van der Waals surface area contributed by atoms with Gasteiger partial charge < -0.3 is 5.32 Å². The van der Waals surface area contributed by atoms with Crippen LogP contribution in [0, 0.1) is 11.7 Å². The van der Waals surface area contributed by atoms with Crippen molar-refractivity contribution in [3.8, 4) is 0 Å². The Kier molecular flexibility index (Phi) is 3.15. The maximum Gasteiger partial charge on any atom is 0.190 e. The van der Waals surface area contributed by atoms with Gasteiger partial charge in [-0.25, -0.2) is 14.4 Å². The van der Waals surface area contributed by atoms with Crippen LogP contribution in [0.3, 0.4) is 0 Å². The second kappa shape index (κ2) is 5.03. The Morgan fingerprint density at radius 1 is 1.24 bits per heavy atom. The summed E-state index contributed by atoms with van der Waals surface area (Å²) in [5.74, 6) is 0.521. The largest absolute Gasteiger partial charge is 0.307 e. The summed E-state index contributed by atoms with van der Waals surface area (Å²) < 4.78 is 14.1. The monoisotopic (exact) mass is 319 g/mol. The molecule has 6 heteroatoms. The smallest absolute Gasteiger partial charge is 0.190 e. The van der Waals surface area contributed by atoms with Crippen molar-refractivity contribution < 1.29 is 4.39 Å². The third kappa shape index (κ3) is 2.53. The Bertz CT molecular complexity index is 808. The lowest BCUT2D eigenvalue weighted by Gasteiger charge is -2.15. The molecule has 0 spiro atoms. The van der Waals surface area contributed by atoms with E-state index in [0.717, 1.165) is 39.2 Å². The molecule has 3 aromatic rings. The summed E-state index contributed by atoms with van der Waals surface area (Å²) in [7, 11) is 0. The molecule has 2 aromatic heterocycles. The van der Waals surface area contributed by atoms with Gasteiger partial charge in [0.15, 0.2) is 10.3 Å². The molecule has 0 amide bonds. The molecule has 0 aliphatic heterocycles. The van der Waals surface area contributed by atoms with Crippen LogP contribution >= 0.6 is 22.7 Å². The van der Waals surface area contributed by atoms with Gasteiger partial charge in [-0.1, -0.05) is 18.3 Å². The van der Waals surface area contributed by atoms with Gasteiger partial charge in [-0.3, -0.25) is 0 Å². The van der Waals surface area contributed by atoms with Gasteiger partial charge >= 0.3 is 0 Å². The van der Waals surface area contributed by atoms with E-state index in [9.17, 15) is 4.39 Å². The lowest BCUT2D eigenvalue weighted by molar-refractivity contribution is 0.502. The molecule has 0 saturated heterocycles. The number of thiazole rings is 2. The number of fused-ring (bicyclic) bond motifs is 2. The van der Waals surface area contributed by atoms with Crippen molar-refractivity contribution in [3.05, 3.63) is 34.6 Å². The molecule has 1 atom stereocenters. The van der Waals surface area contributed by atoms with Crippen molar-refractivity contribution in [3.63, 3.8) is 0 Å². The summed E-state index contributed by atoms with van der Waals surface area (Å²) >= 11 is 3.17. The number of rotatable bonds is 2. The van der Waals surface area contributed by atoms with Gasteiger partial charge in [0.2, 0.25) is 0 Å². The molecule has 1 aliphatic rings. The van der Waals surface area contributed by atoms with Crippen LogP contribution in [0.2, 0.25) is 0 Å². The van der Waals surface area contributed by atoms with Crippen molar-refractivity contribution in [1.29, 1.82) is 0 Å². The van der Waals surface area contributed by atoms with Crippen molar-refractivity contribution in [2.45, 2.75) is 26.2 Å². The molecule has 0 saturated carbocycles. The summed E-state index contributed by atoms with van der Waals surface area (Å²) in [6.07, 6.45) is 3.41. The molecule has 2 heterocycles. The topological polar surface area (TPSA) is 37.8 Å². The fourth-order valence-corrected chi connectivity index (χ4v) is 4.76. The molecular formula is C15H14FN3S2. The van der Waals surface area contributed by atoms with Gasteiger partial charge in [0, 0.05) is 4.88 Å². The molecular weight excluding hydrogens is 305 g/mol. The van der Waals surface area contributed by atoms with E-state index in [2.05, 4.69) is 22.2 Å². The Morgan fingerprint density at radius 3 is 3.00 bits per heavy atom. The average molecular weight is 319 g/mol. The van der Waals surface area contributed by atoms with E-state index in [-0.39, 0.29) is 5.82 Å². The van der Waals surface area contributed by atoms with Crippen molar-refractivity contribution in [1.82, 2.24) is 9.97 Å². The number of benzene rings is 1. The maximum absolute atomic E-state index is 13.2. The van der Waals surface area contributed by atoms with Crippen LogP contribution in [0.25, 0.3) is 10.2 Å². The fraction of sp³-hybridized carbons (Fsp3) is 0.333. The lowest BCUT2D eigenvalue weighted by atomic mass is 9.93. The summed E-state index contributed by atoms with van der Waals surface area (Å²) in [6, 6.07) is 4.67. The number of nitrogens with one attached hydrogen (secondary N) is 1. The zero-order chi connectivity index (χ0) is 14.4. The van der Waals surface area contributed by atoms with E-state index < -0.39 is 0 Å². The van der Waals surface area contributed by atoms with Crippen LogP contribution < -0.4 is 5.32 Å². The standard InChI is InChI=1S/C15H14FN3S2/c1-8-2-4-10-12(6-8)20-14(17-10)19-15-18-11-5-3-9(16)7-13(11)21-15/h3,5,7-8H,2,4,6H2,1H3,(H,17,18,19). The first-order chi connectivity index (χ1) is 10.2. The number of aromatic nitrogens is 2. The normalized spacial score (nSPS) is 17.9. The van der Waals surface area contributed by atoms with Gasteiger partial charge in [0.05, 0.1) is 15.9 Å². The van der Waals surface area contributed by atoms with Gasteiger partial charge in [0.1, 0.15) is 5.82 Å². The molecule has 21 heavy (non-hydrogen) atoms. The zero-order valence-electron chi connectivity index (χ0n) is 11.5. The van der Waals surface area contributed by atoms with Crippen molar-refractivity contribution in [2.75, 3.05) is 5.32 Å². The Balaban J connectivity index is 1.62. The van der Waals surface area contributed by atoms with Crippen LogP contribution in [0.15, 0.2) is 18.2 Å². The number of aryl methyl sites for hydroxylation is 1. The Hall–Kier alpha value is -1.53. The second-order valence-corrected chi connectivity index (χ2v) is 7.61. The summed E-state index contributed by atoms with van der Waals surface area (Å²) in [4.78, 5) is 10.5. The molecule has 1 aliphatic carbocycles. The van der Waals surface area contributed by atoms with E-state index in [1.54, 1.807) is 17.4 Å². The van der Waals surface area contributed by atoms with Crippen molar-refractivity contribution >= 4 is 43.2 Å². The van der Waals surface area contributed by atoms with E-state index >= 15 is 0 Å². The number of hydrogen-bond donors (Lipinski definition) is 1. The van der Waals surface area contributed by atoms with E-state index in [1.807, 2.05) is 0 Å². The molecule has 1 aromatic carbocycles.